The molecule has 1 saturated heterocycles. The fourth-order valence-corrected chi connectivity index (χ4v) is 3.25. The van der Waals surface area contributed by atoms with Crippen LogP contribution in [0.25, 0.3) is 5.69 Å². The first-order valence-electron chi connectivity index (χ1n) is 8.44. The number of aromatic nitrogens is 2. The van der Waals surface area contributed by atoms with E-state index >= 15 is 0 Å². The molecule has 5 heteroatoms. The van der Waals surface area contributed by atoms with Crippen molar-refractivity contribution in [3.63, 3.8) is 0 Å². The maximum Gasteiger partial charge on any atom is 0.295 e. The van der Waals surface area contributed by atoms with Crippen molar-refractivity contribution in [3.8, 4) is 5.69 Å². The van der Waals surface area contributed by atoms with Crippen LogP contribution in [0.1, 0.15) is 41.5 Å². The molecular formula is C19H23N3O2. The van der Waals surface area contributed by atoms with E-state index in [0.29, 0.717) is 36.0 Å². The third-order valence-electron chi connectivity index (χ3n) is 4.78. The fourth-order valence-electron chi connectivity index (χ4n) is 3.25. The zero-order chi connectivity index (χ0) is 17.3. The Hall–Kier alpha value is -2.43. The number of carbonyl (C=O) groups is 2. The zero-order valence-electron chi connectivity index (χ0n) is 14.5. The number of Topliss-reactive ketones (excluding diaryl/α,β-unsaturated/α-hetero) is 1. The first-order valence-corrected chi connectivity index (χ1v) is 8.44. The lowest BCUT2D eigenvalue weighted by atomic mass is 9.98. The average molecular weight is 325 g/mol. The van der Waals surface area contributed by atoms with Crippen LogP contribution in [0, 0.1) is 19.8 Å². The zero-order valence-corrected chi connectivity index (χ0v) is 14.5. The van der Waals surface area contributed by atoms with Gasteiger partial charge in [0.2, 0.25) is 0 Å². The Balaban J connectivity index is 1.88. The van der Waals surface area contributed by atoms with Gasteiger partial charge in [0, 0.05) is 13.1 Å². The number of hydrogen-bond acceptors (Lipinski definition) is 3. The van der Waals surface area contributed by atoms with Crippen LogP contribution < -0.4 is 0 Å². The second-order valence-electron chi connectivity index (χ2n) is 6.60. The molecule has 2 aromatic rings. The molecule has 0 radical (unpaired) electrons. The Morgan fingerprint density at radius 2 is 1.71 bits per heavy atom. The maximum atomic E-state index is 12.8. The molecule has 0 spiro atoms. The lowest BCUT2D eigenvalue weighted by molar-refractivity contribution is -0.127. The van der Waals surface area contributed by atoms with E-state index < -0.39 is 11.7 Å². The minimum Gasteiger partial charge on any atom is -0.336 e. The second kappa shape index (κ2) is 6.59. The summed E-state index contributed by atoms with van der Waals surface area (Å²) in [6.45, 7) is 7.13. The summed E-state index contributed by atoms with van der Waals surface area (Å²) >= 11 is 0. The van der Waals surface area contributed by atoms with E-state index in [1.807, 2.05) is 37.3 Å². The summed E-state index contributed by atoms with van der Waals surface area (Å²) in [7, 11) is 0. The Bertz CT molecular complexity index is 756. The molecule has 0 bridgehead atoms. The number of nitrogens with zero attached hydrogens (tertiary/aromatic N) is 3. The summed E-state index contributed by atoms with van der Waals surface area (Å²) in [5, 5.41) is 4.47. The van der Waals surface area contributed by atoms with Gasteiger partial charge in [-0.25, -0.2) is 4.68 Å². The highest BCUT2D eigenvalue weighted by molar-refractivity contribution is 6.43. The number of rotatable bonds is 3. The molecule has 0 unspecified atom stereocenters. The normalized spacial score (nSPS) is 15.5. The minimum atomic E-state index is -0.443. The van der Waals surface area contributed by atoms with Gasteiger partial charge in [0.25, 0.3) is 11.7 Å². The Morgan fingerprint density at radius 1 is 1.08 bits per heavy atom. The predicted octanol–water partition coefficient (Wildman–Crippen LogP) is 2.93. The maximum absolute atomic E-state index is 12.8. The van der Waals surface area contributed by atoms with Crippen molar-refractivity contribution >= 4 is 11.7 Å². The van der Waals surface area contributed by atoms with Gasteiger partial charge in [-0.1, -0.05) is 25.1 Å². The number of hydrogen-bond donors (Lipinski definition) is 0. The summed E-state index contributed by atoms with van der Waals surface area (Å²) in [5.74, 6) is -0.226. The van der Waals surface area contributed by atoms with Crippen LogP contribution in [0.3, 0.4) is 0 Å². The molecule has 0 N–H and O–H groups in total. The largest absolute Gasteiger partial charge is 0.336 e. The highest BCUT2D eigenvalue weighted by Gasteiger charge is 2.30. The third kappa shape index (κ3) is 2.98. The van der Waals surface area contributed by atoms with Crippen molar-refractivity contribution in [1.82, 2.24) is 14.7 Å². The van der Waals surface area contributed by atoms with E-state index in [0.717, 1.165) is 18.5 Å². The van der Waals surface area contributed by atoms with Gasteiger partial charge in [0.15, 0.2) is 0 Å². The van der Waals surface area contributed by atoms with Crippen LogP contribution in [0.5, 0.6) is 0 Å². The quantitative estimate of drug-likeness (QED) is 0.644. The van der Waals surface area contributed by atoms with Crippen LogP contribution in [0.4, 0.5) is 0 Å². The molecular weight excluding hydrogens is 302 g/mol. The average Bonchev–Trinajstić information content (AvgIpc) is 2.89. The summed E-state index contributed by atoms with van der Waals surface area (Å²) < 4.78 is 1.73. The number of piperidine rings is 1. The molecule has 24 heavy (non-hydrogen) atoms. The molecule has 0 saturated carbocycles. The van der Waals surface area contributed by atoms with E-state index in [9.17, 15) is 9.59 Å². The van der Waals surface area contributed by atoms with Gasteiger partial charge >= 0.3 is 0 Å². The Kier molecular flexibility index (Phi) is 4.51. The number of aryl methyl sites for hydroxylation is 1. The highest BCUT2D eigenvalue weighted by Crippen LogP contribution is 2.21. The smallest absolute Gasteiger partial charge is 0.295 e. The number of ketones is 1. The Morgan fingerprint density at radius 3 is 2.33 bits per heavy atom. The second-order valence-corrected chi connectivity index (χ2v) is 6.60. The molecule has 1 aliphatic rings. The summed E-state index contributed by atoms with van der Waals surface area (Å²) in [4.78, 5) is 27.0. The molecule has 1 fully saturated rings. The topological polar surface area (TPSA) is 55.2 Å². The van der Waals surface area contributed by atoms with E-state index in [1.165, 1.54) is 0 Å². The highest BCUT2D eigenvalue weighted by atomic mass is 16.2. The molecule has 0 atom stereocenters. The van der Waals surface area contributed by atoms with Gasteiger partial charge in [0.1, 0.15) is 0 Å². The first-order chi connectivity index (χ1) is 11.5. The minimum absolute atomic E-state index is 0.402. The van der Waals surface area contributed by atoms with Crippen molar-refractivity contribution < 1.29 is 9.59 Å². The third-order valence-corrected chi connectivity index (χ3v) is 4.78. The summed E-state index contributed by atoms with van der Waals surface area (Å²) in [6, 6.07) is 9.64. The van der Waals surface area contributed by atoms with E-state index in [1.54, 1.807) is 16.5 Å². The van der Waals surface area contributed by atoms with Gasteiger partial charge in [-0.05, 0) is 44.7 Å². The van der Waals surface area contributed by atoms with Gasteiger partial charge < -0.3 is 4.90 Å². The van der Waals surface area contributed by atoms with Gasteiger partial charge in [-0.15, -0.1) is 0 Å². The number of likely N-dealkylation sites (tertiary alicyclic amines) is 1. The van der Waals surface area contributed by atoms with Crippen LogP contribution in [-0.2, 0) is 4.79 Å². The molecule has 126 valence electrons. The van der Waals surface area contributed by atoms with E-state index in [2.05, 4.69) is 12.0 Å². The van der Waals surface area contributed by atoms with Crippen LogP contribution in [0.15, 0.2) is 30.3 Å². The van der Waals surface area contributed by atoms with Gasteiger partial charge in [-0.3, -0.25) is 9.59 Å². The van der Waals surface area contributed by atoms with Crippen LogP contribution in [0.2, 0.25) is 0 Å². The molecule has 1 aromatic carbocycles. The SMILES string of the molecule is Cc1nn(-c2ccccc2)c(C)c1C(=O)C(=O)N1CCC(C)CC1. The molecule has 0 aliphatic carbocycles. The van der Waals surface area contributed by atoms with Crippen molar-refractivity contribution in [2.45, 2.75) is 33.6 Å². The van der Waals surface area contributed by atoms with Gasteiger partial charge in [0.05, 0.1) is 22.6 Å². The molecule has 1 aromatic heterocycles. The Labute approximate surface area is 142 Å². The lowest BCUT2D eigenvalue weighted by Gasteiger charge is -2.29. The molecule has 1 aliphatic heterocycles. The van der Waals surface area contributed by atoms with Crippen molar-refractivity contribution in [2.24, 2.45) is 5.92 Å². The van der Waals surface area contributed by atoms with Crippen molar-refractivity contribution in [3.05, 3.63) is 47.3 Å². The summed E-state index contributed by atoms with van der Waals surface area (Å²) in [6.07, 6.45) is 1.92. The molecule has 1 amide bonds. The first kappa shape index (κ1) is 16.4. The number of para-hydroxylation sites is 1. The van der Waals surface area contributed by atoms with Crippen LogP contribution in [-0.4, -0.2) is 39.5 Å². The van der Waals surface area contributed by atoms with Gasteiger partial charge in [-0.2, -0.15) is 5.10 Å². The predicted molar refractivity (Wildman–Crippen MR) is 92.3 cm³/mol. The van der Waals surface area contributed by atoms with E-state index in [4.69, 9.17) is 0 Å². The monoisotopic (exact) mass is 325 g/mol. The summed E-state index contributed by atoms with van der Waals surface area (Å²) in [5.41, 5.74) is 2.63. The molecule has 2 heterocycles. The van der Waals surface area contributed by atoms with Crippen molar-refractivity contribution in [2.75, 3.05) is 13.1 Å². The fraction of sp³-hybridized carbons (Fsp3) is 0.421. The number of benzene rings is 1. The standard InChI is InChI=1S/C19H23N3O2/c1-13-9-11-21(12-10-13)19(24)18(23)17-14(2)20-22(15(17)3)16-7-5-4-6-8-16/h4-8,13H,9-12H2,1-3H3. The number of amides is 1. The number of carbonyl (C=O) groups excluding carboxylic acids is 2. The molecule has 3 rings (SSSR count). The van der Waals surface area contributed by atoms with E-state index in [-0.39, 0.29) is 0 Å². The van der Waals surface area contributed by atoms with Crippen molar-refractivity contribution in [1.29, 1.82) is 0 Å². The lowest BCUT2D eigenvalue weighted by Crippen LogP contribution is -2.42. The molecule has 5 nitrogen and oxygen atoms in total. The van der Waals surface area contributed by atoms with Crippen LogP contribution >= 0.6 is 0 Å².